The molecular formula is C16H29IN4O. The van der Waals surface area contributed by atoms with Gasteiger partial charge in [0.2, 0.25) is 5.88 Å². The number of rotatable bonds is 7. The molecule has 126 valence electrons. The van der Waals surface area contributed by atoms with Gasteiger partial charge in [0.15, 0.2) is 5.96 Å². The quantitative estimate of drug-likeness (QED) is 0.404. The molecule has 1 aromatic rings. The molecule has 0 spiro atoms. The first-order valence-electron chi connectivity index (χ1n) is 7.69. The lowest BCUT2D eigenvalue weighted by Crippen LogP contribution is -2.44. The van der Waals surface area contributed by atoms with Crippen LogP contribution in [-0.4, -0.2) is 30.1 Å². The van der Waals surface area contributed by atoms with Gasteiger partial charge in [0, 0.05) is 24.8 Å². The number of hydrogen-bond acceptors (Lipinski definition) is 3. The van der Waals surface area contributed by atoms with E-state index >= 15 is 0 Å². The lowest BCUT2D eigenvalue weighted by Gasteiger charge is -2.20. The molecule has 0 amide bonds. The normalized spacial score (nSPS) is 12.5. The van der Waals surface area contributed by atoms with Gasteiger partial charge in [-0.25, -0.2) is 9.98 Å². The molecule has 1 aromatic heterocycles. The van der Waals surface area contributed by atoms with Crippen LogP contribution in [0.15, 0.2) is 23.3 Å². The molecule has 6 heteroatoms. The minimum Gasteiger partial charge on any atom is -0.478 e. The van der Waals surface area contributed by atoms with E-state index in [-0.39, 0.29) is 24.0 Å². The first kappa shape index (κ1) is 20.9. The Hall–Kier alpha value is -1.05. The number of hydrogen-bond donors (Lipinski definition) is 2. The third-order valence-electron chi connectivity index (χ3n) is 3.22. The van der Waals surface area contributed by atoms with Gasteiger partial charge >= 0.3 is 0 Å². The van der Waals surface area contributed by atoms with Crippen LogP contribution in [-0.2, 0) is 6.54 Å². The van der Waals surface area contributed by atoms with Crippen molar-refractivity contribution >= 4 is 29.9 Å². The molecule has 0 saturated heterocycles. The maximum Gasteiger partial charge on any atom is 0.213 e. The van der Waals surface area contributed by atoms with Crippen LogP contribution in [0.5, 0.6) is 5.88 Å². The molecule has 0 radical (unpaired) electrons. The largest absolute Gasteiger partial charge is 0.478 e. The molecule has 1 unspecified atom stereocenters. The van der Waals surface area contributed by atoms with Crippen molar-refractivity contribution in [3.63, 3.8) is 0 Å². The van der Waals surface area contributed by atoms with E-state index in [4.69, 9.17) is 4.74 Å². The van der Waals surface area contributed by atoms with Crippen LogP contribution in [0.1, 0.15) is 40.2 Å². The van der Waals surface area contributed by atoms with Crippen LogP contribution in [0.3, 0.4) is 0 Å². The molecular weight excluding hydrogens is 391 g/mol. The van der Waals surface area contributed by atoms with Crippen molar-refractivity contribution in [2.45, 2.75) is 47.2 Å². The summed E-state index contributed by atoms with van der Waals surface area (Å²) in [4.78, 5) is 8.78. The zero-order chi connectivity index (χ0) is 15.7. The molecule has 1 atom stereocenters. The number of nitrogens with one attached hydrogen (secondary N) is 2. The summed E-state index contributed by atoms with van der Waals surface area (Å²) in [5.74, 6) is 2.05. The Kier molecular flexibility index (Phi) is 11.0. The Balaban J connectivity index is 0.00000441. The minimum absolute atomic E-state index is 0. The standard InChI is InChI=1S/C16H28N4O.HI/c1-6-17-16(20-13(5)12(3)4)19-11-14-8-9-18-15(10-14)21-7-2;/h8-10,12-13H,6-7,11H2,1-5H3,(H2,17,19,20);1H. The molecule has 1 heterocycles. The fourth-order valence-corrected chi connectivity index (χ4v) is 1.65. The molecule has 2 N–H and O–H groups in total. The van der Waals surface area contributed by atoms with Gasteiger partial charge in [0.05, 0.1) is 13.2 Å². The second kappa shape index (κ2) is 11.5. The number of aliphatic imine (C=N–C) groups is 1. The molecule has 5 nitrogen and oxygen atoms in total. The molecule has 1 rings (SSSR count). The summed E-state index contributed by atoms with van der Waals surface area (Å²) in [5.41, 5.74) is 1.09. The number of guanidine groups is 1. The zero-order valence-electron chi connectivity index (χ0n) is 14.2. The minimum atomic E-state index is 0. The van der Waals surface area contributed by atoms with Gasteiger partial charge in [0.1, 0.15) is 0 Å². The van der Waals surface area contributed by atoms with Crippen molar-refractivity contribution < 1.29 is 4.74 Å². The Morgan fingerprint density at radius 3 is 2.64 bits per heavy atom. The first-order chi connectivity index (χ1) is 10.1. The van der Waals surface area contributed by atoms with Gasteiger partial charge in [-0.2, -0.15) is 0 Å². The summed E-state index contributed by atoms with van der Waals surface area (Å²) in [6.07, 6.45) is 1.76. The molecule has 0 aliphatic rings. The van der Waals surface area contributed by atoms with E-state index in [1.165, 1.54) is 0 Å². The average molecular weight is 420 g/mol. The highest BCUT2D eigenvalue weighted by molar-refractivity contribution is 14.0. The number of aromatic nitrogens is 1. The summed E-state index contributed by atoms with van der Waals surface area (Å²) in [6, 6.07) is 4.27. The van der Waals surface area contributed by atoms with Crippen LogP contribution in [0.2, 0.25) is 0 Å². The Labute approximate surface area is 151 Å². The van der Waals surface area contributed by atoms with Gasteiger partial charge < -0.3 is 15.4 Å². The molecule has 22 heavy (non-hydrogen) atoms. The van der Waals surface area contributed by atoms with Crippen molar-refractivity contribution in [1.82, 2.24) is 15.6 Å². The number of pyridine rings is 1. The van der Waals surface area contributed by atoms with Crippen molar-refractivity contribution in [3.8, 4) is 5.88 Å². The van der Waals surface area contributed by atoms with Crippen LogP contribution in [0.25, 0.3) is 0 Å². The van der Waals surface area contributed by atoms with Gasteiger partial charge in [-0.1, -0.05) is 13.8 Å². The monoisotopic (exact) mass is 420 g/mol. The summed E-state index contributed by atoms with van der Waals surface area (Å²) in [6.45, 7) is 12.6. The van der Waals surface area contributed by atoms with Crippen LogP contribution in [0, 0.1) is 5.92 Å². The summed E-state index contributed by atoms with van der Waals surface area (Å²) in [7, 11) is 0. The van der Waals surface area contributed by atoms with Gasteiger partial charge in [0.25, 0.3) is 0 Å². The molecule has 0 bridgehead atoms. The topological polar surface area (TPSA) is 58.5 Å². The van der Waals surface area contributed by atoms with Gasteiger partial charge in [-0.05, 0) is 38.3 Å². The average Bonchev–Trinajstić information content (AvgIpc) is 2.45. The van der Waals surface area contributed by atoms with Crippen molar-refractivity contribution in [2.75, 3.05) is 13.2 Å². The van der Waals surface area contributed by atoms with Gasteiger partial charge in [-0.15, -0.1) is 24.0 Å². The number of ether oxygens (including phenoxy) is 1. The summed E-state index contributed by atoms with van der Waals surface area (Å²) in [5, 5.41) is 6.69. The molecule has 0 fully saturated rings. The Bertz CT molecular complexity index is 452. The number of halogens is 1. The maximum absolute atomic E-state index is 5.41. The van der Waals surface area contributed by atoms with E-state index in [1.807, 2.05) is 19.1 Å². The summed E-state index contributed by atoms with van der Waals surface area (Å²) >= 11 is 0. The predicted octanol–water partition coefficient (Wildman–Crippen LogP) is 3.20. The lowest BCUT2D eigenvalue weighted by molar-refractivity contribution is 0.326. The Morgan fingerprint density at radius 1 is 1.32 bits per heavy atom. The van der Waals surface area contributed by atoms with Crippen LogP contribution >= 0.6 is 24.0 Å². The molecule has 0 aliphatic carbocycles. The first-order valence-corrected chi connectivity index (χ1v) is 7.69. The third kappa shape index (κ3) is 7.82. The fraction of sp³-hybridized carbons (Fsp3) is 0.625. The van der Waals surface area contributed by atoms with E-state index in [2.05, 4.69) is 48.3 Å². The highest BCUT2D eigenvalue weighted by Crippen LogP contribution is 2.10. The third-order valence-corrected chi connectivity index (χ3v) is 3.22. The molecule has 0 aliphatic heterocycles. The zero-order valence-corrected chi connectivity index (χ0v) is 16.5. The van der Waals surface area contributed by atoms with E-state index in [9.17, 15) is 0 Å². The molecule has 0 aromatic carbocycles. The smallest absolute Gasteiger partial charge is 0.213 e. The SMILES string of the molecule is CCNC(=NCc1ccnc(OCC)c1)NC(C)C(C)C.I. The number of nitrogens with zero attached hydrogens (tertiary/aromatic N) is 2. The lowest BCUT2D eigenvalue weighted by atomic mass is 10.1. The second-order valence-corrected chi connectivity index (χ2v) is 5.31. The summed E-state index contributed by atoms with van der Waals surface area (Å²) < 4.78 is 5.41. The van der Waals surface area contributed by atoms with Gasteiger partial charge in [-0.3, -0.25) is 0 Å². The van der Waals surface area contributed by atoms with Crippen molar-refractivity contribution in [1.29, 1.82) is 0 Å². The predicted molar refractivity (Wildman–Crippen MR) is 103 cm³/mol. The second-order valence-electron chi connectivity index (χ2n) is 5.31. The molecule has 0 saturated carbocycles. The van der Waals surface area contributed by atoms with E-state index in [1.54, 1.807) is 6.20 Å². The van der Waals surface area contributed by atoms with Crippen LogP contribution in [0.4, 0.5) is 0 Å². The highest BCUT2D eigenvalue weighted by atomic mass is 127. The maximum atomic E-state index is 5.41. The van der Waals surface area contributed by atoms with E-state index in [0.29, 0.717) is 31.0 Å². The van der Waals surface area contributed by atoms with Crippen molar-refractivity contribution in [2.24, 2.45) is 10.9 Å². The Morgan fingerprint density at radius 2 is 2.05 bits per heavy atom. The highest BCUT2D eigenvalue weighted by Gasteiger charge is 2.08. The van der Waals surface area contributed by atoms with E-state index in [0.717, 1.165) is 18.1 Å². The fourth-order valence-electron chi connectivity index (χ4n) is 1.65. The van der Waals surface area contributed by atoms with Crippen molar-refractivity contribution in [3.05, 3.63) is 23.9 Å². The van der Waals surface area contributed by atoms with E-state index < -0.39 is 0 Å². The van der Waals surface area contributed by atoms with Crippen LogP contribution < -0.4 is 15.4 Å².